The average Bonchev–Trinajstić information content (AvgIpc) is 1.89. The molecule has 0 aliphatic heterocycles. The third-order valence-corrected chi connectivity index (χ3v) is 1.12. The maximum Gasteiger partial charge on any atom is 0.0392 e. The van der Waals surface area contributed by atoms with Crippen molar-refractivity contribution >= 4 is 6.21 Å². The van der Waals surface area contributed by atoms with Crippen LogP contribution in [0.3, 0.4) is 0 Å². The maximum atomic E-state index is 5.56. The van der Waals surface area contributed by atoms with Gasteiger partial charge in [-0.1, -0.05) is 13.8 Å². The van der Waals surface area contributed by atoms with Crippen molar-refractivity contribution in [1.82, 2.24) is 0 Å². The second-order valence-corrected chi connectivity index (χ2v) is 2.13. The number of hydrogen-bond donors (Lipinski definition) is 1. The van der Waals surface area contributed by atoms with E-state index in [0.29, 0.717) is 0 Å². The van der Waals surface area contributed by atoms with Gasteiger partial charge in [-0.25, -0.2) is 0 Å². The van der Waals surface area contributed by atoms with E-state index < -0.39 is 0 Å². The van der Waals surface area contributed by atoms with Crippen molar-refractivity contribution in [2.75, 3.05) is 6.54 Å². The highest BCUT2D eigenvalue weighted by Crippen LogP contribution is 1.82. The SMILES string of the molecule is CCCN=CC(N)CC. The summed E-state index contributed by atoms with van der Waals surface area (Å²) in [6.45, 7) is 5.07. The van der Waals surface area contributed by atoms with Crippen LogP contribution < -0.4 is 5.73 Å². The summed E-state index contributed by atoms with van der Waals surface area (Å²) in [7, 11) is 0. The molecule has 0 amide bonds. The monoisotopic (exact) mass is 128 g/mol. The Balaban J connectivity index is 3.20. The largest absolute Gasteiger partial charge is 0.323 e. The van der Waals surface area contributed by atoms with Gasteiger partial charge in [0, 0.05) is 18.8 Å². The lowest BCUT2D eigenvalue weighted by molar-refractivity contribution is 0.822. The number of hydrogen-bond acceptors (Lipinski definition) is 2. The van der Waals surface area contributed by atoms with Crippen LogP contribution in [0.1, 0.15) is 26.7 Å². The fourth-order valence-electron chi connectivity index (χ4n) is 0.444. The van der Waals surface area contributed by atoms with Gasteiger partial charge in [-0.3, -0.25) is 4.99 Å². The van der Waals surface area contributed by atoms with E-state index in [-0.39, 0.29) is 6.04 Å². The first kappa shape index (κ1) is 8.63. The summed E-state index contributed by atoms with van der Waals surface area (Å²) in [5.74, 6) is 0. The van der Waals surface area contributed by atoms with E-state index in [1.165, 1.54) is 0 Å². The van der Waals surface area contributed by atoms with Crippen LogP contribution in [-0.2, 0) is 0 Å². The van der Waals surface area contributed by atoms with Gasteiger partial charge in [-0.2, -0.15) is 0 Å². The minimum Gasteiger partial charge on any atom is -0.323 e. The van der Waals surface area contributed by atoms with Crippen LogP contribution in [0.5, 0.6) is 0 Å². The first-order chi connectivity index (χ1) is 4.31. The topological polar surface area (TPSA) is 38.4 Å². The molecule has 0 aromatic carbocycles. The third kappa shape index (κ3) is 5.50. The van der Waals surface area contributed by atoms with Gasteiger partial charge in [-0.15, -0.1) is 0 Å². The minimum atomic E-state index is 0.163. The molecule has 9 heavy (non-hydrogen) atoms. The van der Waals surface area contributed by atoms with Crippen molar-refractivity contribution in [2.24, 2.45) is 10.7 Å². The predicted octanol–water partition coefficient (Wildman–Crippen LogP) is 1.20. The number of nitrogens with zero attached hydrogens (tertiary/aromatic N) is 1. The van der Waals surface area contributed by atoms with E-state index in [0.717, 1.165) is 19.4 Å². The second-order valence-electron chi connectivity index (χ2n) is 2.13. The fraction of sp³-hybridized carbons (Fsp3) is 0.857. The highest BCUT2D eigenvalue weighted by molar-refractivity contribution is 5.63. The molecule has 1 atom stereocenters. The van der Waals surface area contributed by atoms with Gasteiger partial charge in [0.05, 0.1) is 0 Å². The normalized spacial score (nSPS) is 14.6. The van der Waals surface area contributed by atoms with Crippen LogP contribution in [0, 0.1) is 0 Å². The number of rotatable bonds is 4. The van der Waals surface area contributed by atoms with Crippen molar-refractivity contribution in [3.05, 3.63) is 0 Å². The Morgan fingerprint density at radius 3 is 2.67 bits per heavy atom. The van der Waals surface area contributed by atoms with Crippen LogP contribution in [0.2, 0.25) is 0 Å². The van der Waals surface area contributed by atoms with Crippen LogP contribution in [0.4, 0.5) is 0 Å². The highest BCUT2D eigenvalue weighted by Gasteiger charge is 1.89. The van der Waals surface area contributed by atoms with Crippen LogP contribution in [0.25, 0.3) is 0 Å². The molecule has 0 bridgehead atoms. The Morgan fingerprint density at radius 2 is 2.22 bits per heavy atom. The molecule has 0 saturated heterocycles. The first-order valence-electron chi connectivity index (χ1n) is 3.56. The van der Waals surface area contributed by atoms with E-state index in [9.17, 15) is 0 Å². The molecule has 2 N–H and O–H groups in total. The lowest BCUT2D eigenvalue weighted by Crippen LogP contribution is -2.19. The van der Waals surface area contributed by atoms with Crippen molar-refractivity contribution < 1.29 is 0 Å². The Bertz CT molecular complexity index is 79.0. The Labute approximate surface area is 57.2 Å². The molecule has 54 valence electrons. The molecule has 0 aromatic heterocycles. The number of aliphatic imine (C=N–C) groups is 1. The summed E-state index contributed by atoms with van der Waals surface area (Å²) < 4.78 is 0. The molecule has 0 rings (SSSR count). The molecular formula is C7H16N2. The van der Waals surface area contributed by atoms with E-state index >= 15 is 0 Å². The second kappa shape index (κ2) is 5.76. The van der Waals surface area contributed by atoms with Crippen molar-refractivity contribution in [1.29, 1.82) is 0 Å². The smallest absolute Gasteiger partial charge is 0.0392 e. The summed E-state index contributed by atoms with van der Waals surface area (Å²) in [6.07, 6.45) is 3.92. The molecule has 0 heterocycles. The van der Waals surface area contributed by atoms with Gasteiger partial charge in [0.15, 0.2) is 0 Å². The molecule has 0 saturated carbocycles. The lowest BCUT2D eigenvalue weighted by atomic mass is 10.3. The quantitative estimate of drug-likeness (QED) is 0.568. The van der Waals surface area contributed by atoms with Crippen molar-refractivity contribution in [3.8, 4) is 0 Å². The van der Waals surface area contributed by atoms with Crippen molar-refractivity contribution in [2.45, 2.75) is 32.7 Å². The maximum absolute atomic E-state index is 5.56. The summed E-state index contributed by atoms with van der Waals surface area (Å²) in [4.78, 5) is 4.11. The molecule has 0 aliphatic carbocycles. The fourth-order valence-corrected chi connectivity index (χ4v) is 0.444. The molecule has 0 radical (unpaired) electrons. The summed E-state index contributed by atoms with van der Waals surface area (Å²) in [5.41, 5.74) is 5.56. The minimum absolute atomic E-state index is 0.163. The lowest BCUT2D eigenvalue weighted by Gasteiger charge is -1.97. The molecule has 2 nitrogen and oxygen atoms in total. The summed E-state index contributed by atoms with van der Waals surface area (Å²) >= 11 is 0. The Hall–Kier alpha value is -0.370. The molecule has 0 spiro atoms. The molecule has 0 aliphatic rings. The van der Waals surface area contributed by atoms with Gasteiger partial charge < -0.3 is 5.73 Å². The van der Waals surface area contributed by atoms with E-state index in [1.54, 1.807) is 0 Å². The first-order valence-corrected chi connectivity index (χ1v) is 3.56. The van der Waals surface area contributed by atoms with Gasteiger partial charge in [0.25, 0.3) is 0 Å². The van der Waals surface area contributed by atoms with Gasteiger partial charge >= 0.3 is 0 Å². The zero-order valence-electron chi connectivity index (χ0n) is 6.30. The Morgan fingerprint density at radius 1 is 1.56 bits per heavy atom. The van der Waals surface area contributed by atoms with Crippen LogP contribution >= 0.6 is 0 Å². The van der Waals surface area contributed by atoms with Gasteiger partial charge in [0.1, 0.15) is 0 Å². The Kier molecular flexibility index (Phi) is 5.52. The van der Waals surface area contributed by atoms with Crippen molar-refractivity contribution in [3.63, 3.8) is 0 Å². The number of nitrogens with two attached hydrogens (primary N) is 1. The van der Waals surface area contributed by atoms with Gasteiger partial charge in [0.2, 0.25) is 0 Å². The van der Waals surface area contributed by atoms with E-state index in [4.69, 9.17) is 5.73 Å². The van der Waals surface area contributed by atoms with E-state index in [2.05, 4.69) is 18.8 Å². The molecule has 1 unspecified atom stereocenters. The van der Waals surface area contributed by atoms with E-state index in [1.807, 2.05) is 6.21 Å². The predicted molar refractivity (Wildman–Crippen MR) is 41.9 cm³/mol. The average molecular weight is 128 g/mol. The summed E-state index contributed by atoms with van der Waals surface area (Å²) in [6, 6.07) is 0.163. The molecular weight excluding hydrogens is 112 g/mol. The zero-order valence-corrected chi connectivity index (χ0v) is 6.30. The highest BCUT2D eigenvalue weighted by atomic mass is 14.7. The molecule has 0 aromatic rings. The van der Waals surface area contributed by atoms with Crippen LogP contribution in [-0.4, -0.2) is 18.8 Å². The third-order valence-electron chi connectivity index (χ3n) is 1.12. The molecule has 2 heteroatoms. The standard InChI is InChI=1S/C7H16N2/c1-3-5-9-6-7(8)4-2/h6-7H,3-5,8H2,1-2H3. The zero-order chi connectivity index (χ0) is 7.11. The van der Waals surface area contributed by atoms with Crippen LogP contribution in [0.15, 0.2) is 4.99 Å². The summed E-state index contributed by atoms with van der Waals surface area (Å²) in [5, 5.41) is 0. The molecule has 0 fully saturated rings. The van der Waals surface area contributed by atoms with Gasteiger partial charge in [-0.05, 0) is 12.8 Å².